The Balaban J connectivity index is 0.00000126. The Labute approximate surface area is 176 Å². The van der Waals surface area contributed by atoms with Crippen LogP contribution in [0.5, 0.6) is 0 Å². The highest BCUT2D eigenvalue weighted by molar-refractivity contribution is 9.10. The molecular formula is C22H28BrClN2O. The van der Waals surface area contributed by atoms with Gasteiger partial charge in [-0.2, -0.15) is 0 Å². The number of pyridine rings is 1. The molecule has 0 bridgehead atoms. The number of likely N-dealkylation sites (tertiary alicyclic amines) is 1. The van der Waals surface area contributed by atoms with Crippen LogP contribution >= 0.6 is 27.5 Å². The van der Waals surface area contributed by atoms with Crippen molar-refractivity contribution < 1.29 is 4.79 Å². The standard InChI is InChI=1S/C20H22BrClN2O.C2H6/c1-24-9-7-15(8-10-24)20(25)19-16(12-17(21)13-23-19)6-5-14-3-2-4-18(22)11-14;1-2/h2-4,11-13,15H,5-10H2,1H3;1-2H3. The van der Waals surface area contributed by atoms with E-state index < -0.39 is 0 Å². The van der Waals surface area contributed by atoms with Crippen LogP contribution in [0.4, 0.5) is 0 Å². The molecule has 5 heteroatoms. The van der Waals surface area contributed by atoms with Gasteiger partial charge in [-0.15, -0.1) is 0 Å². The molecule has 0 atom stereocenters. The molecule has 0 N–H and O–H groups in total. The summed E-state index contributed by atoms with van der Waals surface area (Å²) in [6, 6.07) is 9.91. The lowest BCUT2D eigenvalue weighted by Crippen LogP contribution is -2.34. The molecule has 1 saturated heterocycles. The maximum atomic E-state index is 13.0. The van der Waals surface area contributed by atoms with Gasteiger partial charge in [0.1, 0.15) is 5.69 Å². The molecule has 2 aromatic rings. The average Bonchev–Trinajstić information content (AvgIpc) is 2.68. The second-order valence-electron chi connectivity index (χ2n) is 6.73. The van der Waals surface area contributed by atoms with Crippen molar-refractivity contribution in [2.45, 2.75) is 39.5 Å². The fraction of sp³-hybridized carbons (Fsp3) is 0.455. The molecule has 146 valence electrons. The molecule has 0 amide bonds. The lowest BCUT2D eigenvalue weighted by atomic mass is 9.88. The van der Waals surface area contributed by atoms with E-state index in [2.05, 4.69) is 38.9 Å². The maximum absolute atomic E-state index is 13.0. The van der Waals surface area contributed by atoms with Crippen molar-refractivity contribution in [3.63, 3.8) is 0 Å². The lowest BCUT2D eigenvalue weighted by molar-refractivity contribution is 0.0850. The Morgan fingerprint density at radius 3 is 2.59 bits per heavy atom. The molecular weight excluding hydrogens is 424 g/mol. The van der Waals surface area contributed by atoms with Crippen molar-refractivity contribution in [1.82, 2.24) is 9.88 Å². The summed E-state index contributed by atoms with van der Waals surface area (Å²) < 4.78 is 0.911. The summed E-state index contributed by atoms with van der Waals surface area (Å²) in [4.78, 5) is 19.7. The van der Waals surface area contributed by atoms with E-state index in [-0.39, 0.29) is 11.7 Å². The predicted octanol–water partition coefficient (Wildman–Crippen LogP) is 5.83. The van der Waals surface area contributed by atoms with Crippen LogP contribution < -0.4 is 0 Å². The minimum absolute atomic E-state index is 0.0924. The van der Waals surface area contributed by atoms with Crippen molar-refractivity contribution in [3.8, 4) is 0 Å². The highest BCUT2D eigenvalue weighted by Crippen LogP contribution is 2.24. The molecule has 0 aliphatic carbocycles. The molecule has 1 aliphatic rings. The summed E-state index contributed by atoms with van der Waals surface area (Å²) in [5, 5.41) is 0.743. The van der Waals surface area contributed by atoms with Crippen molar-refractivity contribution in [2.75, 3.05) is 20.1 Å². The Kier molecular flexibility index (Phi) is 8.94. The smallest absolute Gasteiger partial charge is 0.184 e. The average molecular weight is 452 g/mol. The van der Waals surface area contributed by atoms with Gasteiger partial charge in [0.2, 0.25) is 0 Å². The van der Waals surface area contributed by atoms with Crippen LogP contribution in [0.25, 0.3) is 0 Å². The Morgan fingerprint density at radius 1 is 1.22 bits per heavy atom. The first-order chi connectivity index (χ1) is 13.0. The van der Waals surface area contributed by atoms with Crippen molar-refractivity contribution in [2.24, 2.45) is 5.92 Å². The molecule has 0 radical (unpaired) electrons. The number of carbonyl (C=O) groups is 1. The second-order valence-corrected chi connectivity index (χ2v) is 8.09. The van der Waals surface area contributed by atoms with E-state index in [1.807, 2.05) is 38.1 Å². The fourth-order valence-corrected chi connectivity index (χ4v) is 3.92. The van der Waals surface area contributed by atoms with Gasteiger partial charge in [-0.25, -0.2) is 0 Å². The first-order valence-electron chi connectivity index (χ1n) is 9.64. The highest BCUT2D eigenvalue weighted by atomic mass is 79.9. The minimum Gasteiger partial charge on any atom is -0.306 e. The summed E-state index contributed by atoms with van der Waals surface area (Å²) in [5.74, 6) is 0.288. The third-order valence-electron chi connectivity index (χ3n) is 4.83. The number of halogens is 2. The number of carbonyl (C=O) groups excluding carboxylic acids is 1. The number of ketones is 1. The molecule has 27 heavy (non-hydrogen) atoms. The molecule has 0 spiro atoms. The van der Waals surface area contributed by atoms with Crippen molar-refractivity contribution in [3.05, 3.63) is 62.8 Å². The van der Waals surface area contributed by atoms with E-state index in [0.29, 0.717) is 5.69 Å². The van der Waals surface area contributed by atoms with Crippen LogP contribution in [0.1, 0.15) is 48.3 Å². The van der Waals surface area contributed by atoms with E-state index in [0.717, 1.165) is 53.8 Å². The molecule has 1 aromatic heterocycles. The fourth-order valence-electron chi connectivity index (χ4n) is 3.33. The second kappa shape index (κ2) is 10.9. The Hall–Kier alpha value is -1.23. The largest absolute Gasteiger partial charge is 0.306 e. The van der Waals surface area contributed by atoms with E-state index in [4.69, 9.17) is 11.6 Å². The summed E-state index contributed by atoms with van der Waals surface area (Å²) in [5.41, 5.74) is 2.82. The molecule has 1 aromatic carbocycles. The molecule has 2 heterocycles. The molecule has 1 fully saturated rings. The van der Waals surface area contributed by atoms with Gasteiger partial charge in [-0.3, -0.25) is 9.78 Å². The number of benzene rings is 1. The normalized spacial score (nSPS) is 15.1. The molecule has 0 saturated carbocycles. The topological polar surface area (TPSA) is 33.2 Å². The zero-order chi connectivity index (χ0) is 19.8. The third kappa shape index (κ3) is 6.41. The van der Waals surface area contributed by atoms with Crippen molar-refractivity contribution >= 4 is 33.3 Å². The lowest BCUT2D eigenvalue weighted by Gasteiger charge is -2.28. The van der Waals surface area contributed by atoms with E-state index >= 15 is 0 Å². The molecule has 1 aliphatic heterocycles. The van der Waals surface area contributed by atoms with Gasteiger partial charge in [0.15, 0.2) is 5.78 Å². The Bertz CT molecular complexity index is 758. The van der Waals surface area contributed by atoms with Crippen LogP contribution in [0, 0.1) is 5.92 Å². The van der Waals surface area contributed by atoms with Crippen LogP contribution in [0.3, 0.4) is 0 Å². The molecule has 0 unspecified atom stereocenters. The summed E-state index contributed by atoms with van der Waals surface area (Å²) in [6.45, 7) is 5.95. The monoisotopic (exact) mass is 450 g/mol. The van der Waals surface area contributed by atoms with E-state index in [1.165, 1.54) is 5.56 Å². The zero-order valence-corrected chi connectivity index (χ0v) is 18.7. The van der Waals surface area contributed by atoms with Gasteiger partial charge < -0.3 is 4.90 Å². The molecule has 3 rings (SSSR count). The first-order valence-corrected chi connectivity index (χ1v) is 10.8. The number of rotatable bonds is 5. The van der Waals surface area contributed by atoms with E-state index in [9.17, 15) is 4.79 Å². The van der Waals surface area contributed by atoms with Gasteiger partial charge >= 0.3 is 0 Å². The first kappa shape index (κ1) is 22.1. The van der Waals surface area contributed by atoms with Crippen LogP contribution in [0.2, 0.25) is 5.02 Å². The van der Waals surface area contributed by atoms with Crippen LogP contribution in [-0.4, -0.2) is 35.8 Å². The highest BCUT2D eigenvalue weighted by Gasteiger charge is 2.26. The van der Waals surface area contributed by atoms with Gasteiger partial charge in [0, 0.05) is 21.6 Å². The number of hydrogen-bond donors (Lipinski definition) is 0. The van der Waals surface area contributed by atoms with Gasteiger partial charge in [0.25, 0.3) is 0 Å². The zero-order valence-electron chi connectivity index (χ0n) is 16.3. The number of piperidine rings is 1. The number of aromatic nitrogens is 1. The summed E-state index contributed by atoms with van der Waals surface area (Å²) in [6.07, 6.45) is 5.18. The van der Waals surface area contributed by atoms with Gasteiger partial charge in [-0.05, 0) is 91.1 Å². The molecule has 3 nitrogen and oxygen atoms in total. The number of nitrogens with zero attached hydrogens (tertiary/aromatic N) is 2. The van der Waals surface area contributed by atoms with Crippen LogP contribution in [-0.2, 0) is 12.8 Å². The SMILES string of the molecule is CC.CN1CCC(C(=O)c2ncc(Br)cc2CCc2cccc(Cl)c2)CC1. The van der Waals surface area contributed by atoms with Crippen molar-refractivity contribution in [1.29, 1.82) is 0 Å². The number of Topliss-reactive ketones (excluding diaryl/α,β-unsaturated/α-hetero) is 1. The quantitative estimate of drug-likeness (QED) is 0.536. The minimum atomic E-state index is 0.0924. The van der Waals surface area contributed by atoms with Gasteiger partial charge in [-0.1, -0.05) is 37.6 Å². The summed E-state index contributed by atoms with van der Waals surface area (Å²) in [7, 11) is 2.11. The van der Waals surface area contributed by atoms with Gasteiger partial charge in [0.05, 0.1) is 0 Å². The number of hydrogen-bond acceptors (Lipinski definition) is 3. The van der Waals surface area contributed by atoms with E-state index in [1.54, 1.807) is 6.20 Å². The van der Waals surface area contributed by atoms with Crippen LogP contribution in [0.15, 0.2) is 41.0 Å². The predicted molar refractivity (Wildman–Crippen MR) is 117 cm³/mol. The third-order valence-corrected chi connectivity index (χ3v) is 5.50. The summed E-state index contributed by atoms with van der Waals surface area (Å²) >= 11 is 9.55. The number of aryl methyl sites for hydroxylation is 2. The Morgan fingerprint density at radius 2 is 1.93 bits per heavy atom. The maximum Gasteiger partial charge on any atom is 0.184 e.